The van der Waals surface area contributed by atoms with Gasteiger partial charge in [0.25, 0.3) is 5.91 Å². The number of pyridine rings is 1. The number of anilines is 1. The molecule has 4 nitrogen and oxygen atoms in total. The maximum absolute atomic E-state index is 12.2. The van der Waals surface area contributed by atoms with E-state index in [9.17, 15) is 4.79 Å². The van der Waals surface area contributed by atoms with Crippen LogP contribution < -0.4 is 10.6 Å². The zero-order valence-corrected chi connectivity index (χ0v) is 12.9. The van der Waals surface area contributed by atoms with Crippen molar-refractivity contribution in [3.8, 4) is 0 Å². The first-order chi connectivity index (χ1) is 8.33. The summed E-state index contributed by atoms with van der Waals surface area (Å²) in [5.41, 5.74) is 0.300. The summed E-state index contributed by atoms with van der Waals surface area (Å²) in [6.07, 6.45) is 2.67. The molecule has 0 unspecified atom stereocenters. The fourth-order valence-electron chi connectivity index (χ4n) is 1.40. The molecule has 0 aliphatic rings. The Balaban J connectivity index is 2.97. The highest BCUT2D eigenvalue weighted by atomic mass is 79.9. The van der Waals surface area contributed by atoms with Crippen LogP contribution in [0.2, 0.25) is 0 Å². The molecule has 2 N–H and O–H groups in total. The molecular formula is C13H20BrN3O. The third-order valence-corrected chi connectivity index (χ3v) is 2.56. The molecule has 5 heteroatoms. The molecule has 0 saturated carbocycles. The molecule has 0 aliphatic carbocycles. The lowest BCUT2D eigenvalue weighted by atomic mass is 10.1. The van der Waals surface area contributed by atoms with Crippen molar-refractivity contribution in [2.75, 3.05) is 11.9 Å². The number of amides is 1. The van der Waals surface area contributed by atoms with E-state index in [-0.39, 0.29) is 11.4 Å². The van der Waals surface area contributed by atoms with E-state index < -0.39 is 0 Å². The summed E-state index contributed by atoms with van der Waals surface area (Å²) in [5, 5.41) is 6.10. The van der Waals surface area contributed by atoms with Gasteiger partial charge in [0.05, 0.1) is 5.56 Å². The van der Waals surface area contributed by atoms with Gasteiger partial charge >= 0.3 is 0 Å². The summed E-state index contributed by atoms with van der Waals surface area (Å²) in [6, 6.07) is 1.78. The van der Waals surface area contributed by atoms with Crippen LogP contribution >= 0.6 is 15.9 Å². The van der Waals surface area contributed by atoms with E-state index in [1.165, 1.54) is 0 Å². The van der Waals surface area contributed by atoms with Crippen molar-refractivity contribution in [1.82, 2.24) is 10.3 Å². The maximum atomic E-state index is 12.2. The average molecular weight is 314 g/mol. The monoisotopic (exact) mass is 313 g/mol. The third kappa shape index (κ3) is 4.64. The van der Waals surface area contributed by atoms with E-state index in [4.69, 9.17) is 0 Å². The topological polar surface area (TPSA) is 54.0 Å². The minimum absolute atomic E-state index is 0.116. The van der Waals surface area contributed by atoms with Gasteiger partial charge in [-0.15, -0.1) is 0 Å². The summed E-state index contributed by atoms with van der Waals surface area (Å²) >= 11 is 3.34. The lowest BCUT2D eigenvalue weighted by Gasteiger charge is -2.21. The Kier molecular flexibility index (Phi) is 5.14. The van der Waals surface area contributed by atoms with Crippen LogP contribution in [0.15, 0.2) is 16.7 Å². The summed E-state index contributed by atoms with van der Waals surface area (Å²) in [4.78, 5) is 16.4. The van der Waals surface area contributed by atoms with Crippen LogP contribution in [0.5, 0.6) is 0 Å². The van der Waals surface area contributed by atoms with Crippen molar-refractivity contribution in [3.63, 3.8) is 0 Å². The Bertz CT molecular complexity index is 427. The Morgan fingerprint density at radius 3 is 2.67 bits per heavy atom. The van der Waals surface area contributed by atoms with Gasteiger partial charge in [0.2, 0.25) is 0 Å². The number of hydrogen-bond donors (Lipinski definition) is 2. The lowest BCUT2D eigenvalue weighted by molar-refractivity contribution is 0.0920. The molecule has 0 radical (unpaired) electrons. The summed E-state index contributed by atoms with van der Waals surface area (Å²) < 4.78 is 0.795. The van der Waals surface area contributed by atoms with Crippen LogP contribution in [-0.4, -0.2) is 23.0 Å². The molecule has 0 bridgehead atoms. The van der Waals surface area contributed by atoms with Crippen molar-refractivity contribution < 1.29 is 4.79 Å². The SMILES string of the molecule is CCCNc1ncc(Br)cc1C(=O)NC(C)(C)C. The number of nitrogens with one attached hydrogen (secondary N) is 2. The van der Waals surface area contributed by atoms with E-state index >= 15 is 0 Å². The first-order valence-corrected chi connectivity index (χ1v) is 6.84. The molecule has 18 heavy (non-hydrogen) atoms. The number of nitrogens with zero attached hydrogens (tertiary/aromatic N) is 1. The Hall–Kier alpha value is -1.10. The number of hydrogen-bond acceptors (Lipinski definition) is 3. The van der Waals surface area contributed by atoms with Crippen molar-refractivity contribution >= 4 is 27.7 Å². The summed E-state index contributed by atoms with van der Waals surface area (Å²) in [7, 11) is 0. The minimum atomic E-state index is -0.262. The van der Waals surface area contributed by atoms with Crippen LogP contribution in [0.4, 0.5) is 5.82 Å². The Morgan fingerprint density at radius 1 is 1.44 bits per heavy atom. The second-order valence-corrected chi connectivity index (χ2v) is 6.10. The second kappa shape index (κ2) is 6.18. The molecule has 0 spiro atoms. The highest BCUT2D eigenvalue weighted by Crippen LogP contribution is 2.19. The molecule has 0 aliphatic heterocycles. The number of carbonyl (C=O) groups is 1. The number of halogens is 1. The molecule has 0 fully saturated rings. The van der Waals surface area contributed by atoms with E-state index in [0.717, 1.165) is 17.4 Å². The molecule has 0 atom stereocenters. The molecule has 0 aromatic carbocycles. The Labute approximate surface area is 117 Å². The first-order valence-electron chi connectivity index (χ1n) is 6.05. The van der Waals surface area contributed by atoms with Crippen LogP contribution in [0, 0.1) is 0 Å². The largest absolute Gasteiger partial charge is 0.369 e. The second-order valence-electron chi connectivity index (χ2n) is 5.18. The van der Waals surface area contributed by atoms with Crippen molar-refractivity contribution in [2.45, 2.75) is 39.7 Å². The molecule has 100 valence electrons. The zero-order valence-electron chi connectivity index (χ0n) is 11.3. The van der Waals surface area contributed by atoms with Crippen LogP contribution in [0.3, 0.4) is 0 Å². The third-order valence-electron chi connectivity index (χ3n) is 2.13. The van der Waals surface area contributed by atoms with Gasteiger partial charge in [0, 0.05) is 22.8 Å². The Morgan fingerprint density at radius 2 is 2.11 bits per heavy atom. The van der Waals surface area contributed by atoms with Gasteiger partial charge in [0.15, 0.2) is 0 Å². The molecule has 1 amide bonds. The maximum Gasteiger partial charge on any atom is 0.255 e. The van der Waals surface area contributed by atoms with Gasteiger partial charge in [-0.1, -0.05) is 6.92 Å². The minimum Gasteiger partial charge on any atom is -0.369 e. The zero-order chi connectivity index (χ0) is 13.8. The van der Waals surface area contributed by atoms with Crippen molar-refractivity contribution in [1.29, 1.82) is 0 Å². The van der Waals surface area contributed by atoms with Crippen molar-refractivity contribution in [2.24, 2.45) is 0 Å². The highest BCUT2D eigenvalue weighted by molar-refractivity contribution is 9.10. The lowest BCUT2D eigenvalue weighted by Crippen LogP contribution is -2.40. The van der Waals surface area contributed by atoms with Crippen LogP contribution in [-0.2, 0) is 0 Å². The summed E-state index contributed by atoms with van der Waals surface area (Å²) in [5.74, 6) is 0.511. The quantitative estimate of drug-likeness (QED) is 0.897. The van der Waals surface area contributed by atoms with E-state index in [1.54, 1.807) is 12.3 Å². The first kappa shape index (κ1) is 15.0. The van der Waals surface area contributed by atoms with Gasteiger partial charge in [-0.05, 0) is 49.2 Å². The fourth-order valence-corrected chi connectivity index (χ4v) is 1.74. The number of carbonyl (C=O) groups excluding carboxylic acids is 1. The number of aromatic nitrogens is 1. The predicted octanol–water partition coefficient (Wildman–Crippen LogP) is 3.19. The fraction of sp³-hybridized carbons (Fsp3) is 0.538. The highest BCUT2D eigenvalue weighted by Gasteiger charge is 2.18. The van der Waals surface area contributed by atoms with E-state index in [0.29, 0.717) is 11.4 Å². The van der Waals surface area contributed by atoms with Gasteiger partial charge in [-0.25, -0.2) is 4.98 Å². The smallest absolute Gasteiger partial charge is 0.255 e. The van der Waals surface area contributed by atoms with Crippen LogP contribution in [0.25, 0.3) is 0 Å². The summed E-state index contributed by atoms with van der Waals surface area (Å²) in [6.45, 7) is 8.73. The molecule has 1 heterocycles. The molecule has 0 saturated heterocycles. The number of rotatable bonds is 4. The molecule has 1 aromatic rings. The standard InChI is InChI=1S/C13H20BrN3O/c1-5-6-15-11-10(7-9(14)8-16-11)12(18)17-13(2,3)4/h7-8H,5-6H2,1-4H3,(H,15,16)(H,17,18). The van der Waals surface area contributed by atoms with E-state index in [2.05, 4.69) is 38.5 Å². The predicted molar refractivity (Wildman–Crippen MR) is 77.9 cm³/mol. The molecule has 1 rings (SSSR count). The van der Waals surface area contributed by atoms with Gasteiger partial charge in [-0.2, -0.15) is 0 Å². The average Bonchev–Trinajstić information content (AvgIpc) is 2.25. The van der Waals surface area contributed by atoms with Crippen LogP contribution in [0.1, 0.15) is 44.5 Å². The van der Waals surface area contributed by atoms with Crippen molar-refractivity contribution in [3.05, 3.63) is 22.3 Å². The molecule has 1 aromatic heterocycles. The van der Waals surface area contributed by atoms with E-state index in [1.807, 2.05) is 20.8 Å². The van der Waals surface area contributed by atoms with Gasteiger partial charge in [-0.3, -0.25) is 4.79 Å². The molecular weight excluding hydrogens is 294 g/mol. The van der Waals surface area contributed by atoms with Gasteiger partial charge in [0.1, 0.15) is 5.82 Å². The normalized spacial score (nSPS) is 11.2. The van der Waals surface area contributed by atoms with Gasteiger partial charge < -0.3 is 10.6 Å².